The number of nitriles is 1. The number of furan rings is 1. The monoisotopic (exact) mass is 702 g/mol. The van der Waals surface area contributed by atoms with Crippen molar-refractivity contribution in [1.82, 2.24) is 15.1 Å². The molecule has 3 saturated heterocycles. The first-order valence-corrected chi connectivity index (χ1v) is 18.9. The number of piperidine rings is 1. The van der Waals surface area contributed by atoms with E-state index in [1.54, 1.807) is 11.2 Å². The molecule has 1 N–H and O–H groups in total. The van der Waals surface area contributed by atoms with Gasteiger partial charge in [-0.05, 0) is 100 Å². The molecule has 2 bridgehead atoms. The highest BCUT2D eigenvalue weighted by Crippen LogP contribution is 2.65. The third-order valence-electron chi connectivity index (χ3n) is 12.8. The van der Waals surface area contributed by atoms with E-state index in [0.29, 0.717) is 49.6 Å². The molecule has 3 saturated carbocycles. The highest BCUT2D eigenvalue weighted by atomic mass is 16.7. The third kappa shape index (κ3) is 7.61. The number of fused-ring (bicyclic) bond motifs is 1. The topological polar surface area (TPSA) is 117 Å². The molecule has 0 spiro atoms. The van der Waals surface area contributed by atoms with Crippen LogP contribution in [0.1, 0.15) is 94.0 Å². The molecule has 6 atom stereocenters. The van der Waals surface area contributed by atoms with Crippen LogP contribution in [0.5, 0.6) is 0 Å². The predicted molar refractivity (Wildman–Crippen MR) is 200 cm³/mol. The fourth-order valence-electron chi connectivity index (χ4n) is 9.22. The SMILES string of the molecule is C=CC(C)(C)N1CCC(C)(C)C1.CC1(C)C2CC1[C@]1(C)OB([C@H](Cc3coc4ccccc34)NC(=O)O[C@H]3CCCN(C(=O)CC#N)C3)O[C@@H]1C2.[HH]. The minimum absolute atomic E-state index is 0. The zero-order chi connectivity index (χ0) is 36.8. The minimum Gasteiger partial charge on any atom is -0.464 e. The fraction of sp³-hybridized carbons (Fsp3) is 0.675. The Balaban J connectivity index is 0.000000344. The van der Waals surface area contributed by atoms with E-state index in [1.165, 1.54) is 19.5 Å². The van der Waals surface area contributed by atoms with Crippen molar-refractivity contribution in [1.29, 1.82) is 5.26 Å². The number of amides is 2. The second-order valence-corrected chi connectivity index (χ2v) is 17.6. The largest absolute Gasteiger partial charge is 0.482 e. The molecule has 3 aliphatic carbocycles. The Morgan fingerprint density at radius 3 is 2.67 bits per heavy atom. The summed E-state index contributed by atoms with van der Waals surface area (Å²) < 4.78 is 24.8. The quantitative estimate of drug-likeness (QED) is 0.227. The number of nitrogens with zero attached hydrogens (tertiary/aromatic N) is 3. The fourth-order valence-corrected chi connectivity index (χ4v) is 9.22. The Morgan fingerprint density at radius 1 is 1.22 bits per heavy atom. The summed E-state index contributed by atoms with van der Waals surface area (Å²) in [5.41, 5.74) is 2.22. The number of hydrogen-bond acceptors (Lipinski definition) is 8. The summed E-state index contributed by atoms with van der Waals surface area (Å²) in [5.74, 6) is 0.289. The van der Waals surface area contributed by atoms with Crippen molar-refractivity contribution >= 4 is 30.1 Å². The second kappa shape index (κ2) is 14.2. The average molecular weight is 703 g/mol. The van der Waals surface area contributed by atoms with Gasteiger partial charge in [-0.25, -0.2) is 4.79 Å². The molecule has 1 aromatic heterocycles. The summed E-state index contributed by atoms with van der Waals surface area (Å²) >= 11 is 0. The summed E-state index contributed by atoms with van der Waals surface area (Å²) in [6.07, 6.45) is 7.83. The molecule has 2 aromatic rings. The van der Waals surface area contributed by atoms with Gasteiger partial charge < -0.3 is 28.7 Å². The van der Waals surface area contributed by atoms with Crippen LogP contribution in [0.2, 0.25) is 0 Å². The normalized spacial score (nSPS) is 29.9. The van der Waals surface area contributed by atoms with Gasteiger partial charge in [-0.1, -0.05) is 52.0 Å². The van der Waals surface area contributed by atoms with E-state index < -0.39 is 30.9 Å². The van der Waals surface area contributed by atoms with Crippen molar-refractivity contribution in [2.45, 2.75) is 123 Å². The van der Waals surface area contributed by atoms with Crippen molar-refractivity contribution in [2.75, 3.05) is 26.2 Å². The summed E-state index contributed by atoms with van der Waals surface area (Å²) in [6, 6.07) is 9.73. The van der Waals surface area contributed by atoms with Crippen LogP contribution in [0.4, 0.5) is 4.79 Å². The molecule has 3 aliphatic heterocycles. The number of nitrogens with one attached hydrogen (secondary N) is 1. The van der Waals surface area contributed by atoms with Crippen molar-refractivity contribution in [3.63, 3.8) is 0 Å². The molecule has 278 valence electrons. The van der Waals surface area contributed by atoms with Gasteiger partial charge in [0.2, 0.25) is 5.91 Å². The van der Waals surface area contributed by atoms with Crippen LogP contribution in [0.25, 0.3) is 11.0 Å². The predicted octanol–water partition coefficient (Wildman–Crippen LogP) is 7.17. The smallest absolute Gasteiger partial charge is 0.464 e. The maximum atomic E-state index is 13.2. The van der Waals surface area contributed by atoms with Crippen molar-refractivity contribution in [3.05, 3.63) is 48.7 Å². The van der Waals surface area contributed by atoms with Gasteiger partial charge >= 0.3 is 13.2 Å². The van der Waals surface area contributed by atoms with Crippen LogP contribution < -0.4 is 5.32 Å². The summed E-state index contributed by atoms with van der Waals surface area (Å²) in [7, 11) is -0.628. The highest BCUT2D eigenvalue weighted by Gasteiger charge is 2.68. The average Bonchev–Trinajstić information content (AvgIpc) is 3.79. The first-order valence-electron chi connectivity index (χ1n) is 18.9. The lowest BCUT2D eigenvalue weighted by Crippen LogP contribution is -2.65. The standard InChI is InChI=1S/C29H36BN3O6.C11H21N.H2/c1-28(2)19-14-23(28)29(3)24(15-19)38-30(39-29)25(13-18-17-36-22-9-5-4-8-21(18)22)32-27(35)37-20-7-6-12-33(16-20)26(34)10-11-31;1-6-11(4,5)12-8-7-10(2,3)9-12;/h4-5,8-9,17,19-20,23-25H,6-7,10,12-16H2,1-3H3,(H,32,35);6H,1,7-9H2,2-5H3;1H/t19?,20-,23?,24+,25-,29-;;/m0../s1. The van der Waals surface area contributed by atoms with Crippen molar-refractivity contribution in [2.24, 2.45) is 22.7 Å². The number of para-hydroxylation sites is 1. The molecule has 4 heterocycles. The van der Waals surface area contributed by atoms with Gasteiger partial charge in [0.1, 0.15) is 18.1 Å². The van der Waals surface area contributed by atoms with Gasteiger partial charge in [-0.3, -0.25) is 9.69 Å². The molecule has 2 unspecified atom stereocenters. The number of alkyl carbamates (subject to hydrolysis) is 1. The Morgan fingerprint density at radius 2 is 1.98 bits per heavy atom. The van der Waals surface area contributed by atoms with Crippen molar-refractivity contribution in [3.8, 4) is 6.07 Å². The number of hydrogen-bond donors (Lipinski definition) is 1. The van der Waals surface area contributed by atoms with E-state index in [4.69, 9.17) is 23.7 Å². The van der Waals surface area contributed by atoms with E-state index >= 15 is 0 Å². The van der Waals surface area contributed by atoms with Gasteiger partial charge in [0.15, 0.2) is 0 Å². The van der Waals surface area contributed by atoms with Gasteiger partial charge in [0, 0.05) is 25.4 Å². The van der Waals surface area contributed by atoms with Gasteiger partial charge in [-0.15, -0.1) is 6.58 Å². The van der Waals surface area contributed by atoms with Gasteiger partial charge in [-0.2, -0.15) is 5.26 Å². The Labute approximate surface area is 305 Å². The van der Waals surface area contributed by atoms with Crippen LogP contribution in [0, 0.1) is 34.0 Å². The van der Waals surface area contributed by atoms with E-state index in [9.17, 15) is 9.59 Å². The van der Waals surface area contributed by atoms with Crippen LogP contribution in [0.15, 0.2) is 47.6 Å². The molecule has 8 rings (SSSR count). The zero-order valence-corrected chi connectivity index (χ0v) is 31.7. The Hall–Kier alpha value is -3.33. The van der Waals surface area contributed by atoms with E-state index in [-0.39, 0.29) is 30.8 Å². The maximum Gasteiger partial charge on any atom is 0.482 e. The molecule has 51 heavy (non-hydrogen) atoms. The Kier molecular flexibility index (Phi) is 10.5. The molecule has 11 heteroatoms. The molecular formula is C40H59BN4O6. The van der Waals surface area contributed by atoms with E-state index in [0.717, 1.165) is 29.4 Å². The van der Waals surface area contributed by atoms with Gasteiger partial charge in [0.25, 0.3) is 0 Å². The molecule has 10 nitrogen and oxygen atoms in total. The number of benzene rings is 1. The summed E-state index contributed by atoms with van der Waals surface area (Å²) in [5, 5.41) is 12.9. The lowest BCUT2D eigenvalue weighted by Gasteiger charge is -2.64. The van der Waals surface area contributed by atoms with E-state index in [2.05, 4.69) is 71.3 Å². The zero-order valence-electron chi connectivity index (χ0n) is 31.7. The number of carbonyl (C=O) groups excluding carboxylic acids is 2. The van der Waals surface area contributed by atoms with Gasteiger partial charge in [0.05, 0.1) is 36.5 Å². The molecule has 1 aromatic carbocycles. The second-order valence-electron chi connectivity index (χ2n) is 17.6. The summed E-state index contributed by atoms with van der Waals surface area (Å²) in [6.45, 7) is 23.1. The maximum absolute atomic E-state index is 13.2. The minimum atomic E-state index is -0.628. The van der Waals surface area contributed by atoms with Crippen LogP contribution in [-0.4, -0.2) is 84.4 Å². The van der Waals surface area contributed by atoms with Crippen LogP contribution in [0.3, 0.4) is 0 Å². The van der Waals surface area contributed by atoms with Crippen LogP contribution >= 0.6 is 0 Å². The summed E-state index contributed by atoms with van der Waals surface area (Å²) in [4.78, 5) is 29.5. The van der Waals surface area contributed by atoms with E-state index in [1.807, 2.05) is 30.3 Å². The first kappa shape index (κ1) is 37.4. The van der Waals surface area contributed by atoms with Crippen LogP contribution in [-0.2, 0) is 25.3 Å². The molecule has 6 fully saturated rings. The third-order valence-corrected chi connectivity index (χ3v) is 12.8. The molecule has 2 amide bonds. The number of ether oxygens (including phenoxy) is 1. The first-order chi connectivity index (χ1) is 24.1. The lowest BCUT2D eigenvalue weighted by atomic mass is 9.43. The lowest BCUT2D eigenvalue weighted by molar-refractivity contribution is -0.199. The molecule has 6 aliphatic rings. The number of likely N-dealkylation sites (tertiary alicyclic amines) is 2. The Bertz CT molecular complexity index is 1660. The van der Waals surface area contributed by atoms with Crippen molar-refractivity contribution < 1.29 is 29.5 Å². The number of rotatable bonds is 8. The molecule has 0 radical (unpaired) electrons. The highest BCUT2D eigenvalue weighted by molar-refractivity contribution is 6.48. The number of carbonyl (C=O) groups is 2. The molecular weight excluding hydrogens is 643 g/mol.